The molecule has 146 valence electrons. The minimum atomic E-state index is -0.852. The smallest absolute Gasteiger partial charge is 0.320 e. The van der Waals surface area contributed by atoms with E-state index in [1.165, 1.54) is 0 Å². The highest BCUT2D eigenvalue weighted by molar-refractivity contribution is 5.96. The molecule has 1 heterocycles. The first-order valence-electron chi connectivity index (χ1n) is 9.69. The van der Waals surface area contributed by atoms with E-state index in [2.05, 4.69) is 10.6 Å². The van der Waals surface area contributed by atoms with Gasteiger partial charge in [-0.15, -0.1) is 0 Å². The maximum Gasteiger partial charge on any atom is 0.320 e. The van der Waals surface area contributed by atoms with Gasteiger partial charge in [-0.1, -0.05) is 37.5 Å². The highest BCUT2D eigenvalue weighted by Crippen LogP contribution is 2.30. The molecule has 0 spiro atoms. The van der Waals surface area contributed by atoms with Gasteiger partial charge in [0.05, 0.1) is 0 Å². The van der Waals surface area contributed by atoms with Crippen molar-refractivity contribution < 1.29 is 14.4 Å². The van der Waals surface area contributed by atoms with Crippen molar-refractivity contribution in [3.63, 3.8) is 0 Å². The Kier molecular flexibility index (Phi) is 5.98. The number of anilines is 1. The number of carbonyl (C=O) groups is 3. The first-order valence-corrected chi connectivity index (χ1v) is 9.69. The topological polar surface area (TPSA) is 81.8 Å². The van der Waals surface area contributed by atoms with Gasteiger partial charge >= 0.3 is 6.03 Å². The van der Waals surface area contributed by atoms with E-state index in [-0.39, 0.29) is 17.8 Å². The van der Waals surface area contributed by atoms with Crippen LogP contribution in [-0.4, -0.2) is 59.4 Å². The third kappa shape index (κ3) is 4.59. The summed E-state index contributed by atoms with van der Waals surface area (Å²) in [5.74, 6) is 0.0171. The number of amides is 4. The van der Waals surface area contributed by atoms with Crippen LogP contribution in [0, 0.1) is 0 Å². The van der Waals surface area contributed by atoms with E-state index in [1.54, 1.807) is 16.7 Å². The maximum atomic E-state index is 13.3. The van der Waals surface area contributed by atoms with Crippen molar-refractivity contribution in [2.75, 3.05) is 31.5 Å². The molecule has 1 saturated carbocycles. The second kappa shape index (κ2) is 8.41. The van der Waals surface area contributed by atoms with Gasteiger partial charge in [-0.3, -0.25) is 9.59 Å². The molecule has 4 amide bonds. The molecule has 1 aliphatic carbocycles. The molecule has 2 aliphatic rings. The van der Waals surface area contributed by atoms with Crippen molar-refractivity contribution in [3.8, 4) is 0 Å². The van der Waals surface area contributed by atoms with Crippen molar-refractivity contribution in [1.29, 1.82) is 0 Å². The number of hydrogen-bond acceptors (Lipinski definition) is 3. The zero-order valence-corrected chi connectivity index (χ0v) is 15.9. The molecule has 1 aromatic carbocycles. The van der Waals surface area contributed by atoms with Gasteiger partial charge in [0.25, 0.3) is 0 Å². The van der Waals surface area contributed by atoms with Crippen LogP contribution in [0.3, 0.4) is 0 Å². The molecule has 0 atom stereocenters. The van der Waals surface area contributed by atoms with Gasteiger partial charge in [0, 0.05) is 38.8 Å². The summed E-state index contributed by atoms with van der Waals surface area (Å²) in [6, 6.07) is 8.87. The highest BCUT2D eigenvalue weighted by Gasteiger charge is 2.44. The summed E-state index contributed by atoms with van der Waals surface area (Å²) in [6.45, 7) is 3.68. The molecule has 3 rings (SSSR count). The molecule has 2 N–H and O–H groups in total. The third-order valence-corrected chi connectivity index (χ3v) is 5.51. The Labute approximate surface area is 160 Å². The van der Waals surface area contributed by atoms with Crippen molar-refractivity contribution in [3.05, 3.63) is 30.3 Å². The number of urea groups is 1. The van der Waals surface area contributed by atoms with Crippen LogP contribution in [0.25, 0.3) is 0 Å². The molecule has 1 aliphatic heterocycles. The fraction of sp³-hybridized carbons (Fsp3) is 0.550. The maximum absolute atomic E-state index is 13.3. The van der Waals surface area contributed by atoms with Gasteiger partial charge in [0.15, 0.2) is 0 Å². The SMILES string of the molecule is CC(=O)N1CCN(C(=O)C2(NC(=O)Nc3ccccc3)CCCCC2)CC1. The molecule has 1 aromatic rings. The second-order valence-electron chi connectivity index (χ2n) is 7.39. The van der Waals surface area contributed by atoms with Gasteiger partial charge < -0.3 is 20.4 Å². The Morgan fingerprint density at radius 3 is 2.07 bits per heavy atom. The van der Waals surface area contributed by atoms with Crippen molar-refractivity contribution in [1.82, 2.24) is 15.1 Å². The van der Waals surface area contributed by atoms with Crippen LogP contribution in [0.15, 0.2) is 30.3 Å². The largest absolute Gasteiger partial charge is 0.339 e. The lowest BCUT2D eigenvalue weighted by Crippen LogP contribution is -2.63. The van der Waals surface area contributed by atoms with E-state index in [0.29, 0.717) is 44.7 Å². The lowest BCUT2D eigenvalue weighted by molar-refractivity contribution is -0.144. The standard InChI is InChI=1S/C20H28N4O3/c1-16(25)23-12-14-24(15-13-23)18(26)20(10-6-3-7-11-20)22-19(27)21-17-8-4-2-5-9-17/h2,4-5,8-9H,3,6-7,10-15H2,1H3,(H2,21,22,27). The van der Waals surface area contributed by atoms with Crippen LogP contribution in [0.5, 0.6) is 0 Å². The summed E-state index contributed by atoms with van der Waals surface area (Å²) in [4.78, 5) is 41.0. The normalized spacial score (nSPS) is 19.3. The monoisotopic (exact) mass is 372 g/mol. The number of rotatable bonds is 3. The molecule has 2 fully saturated rings. The predicted octanol–water partition coefficient (Wildman–Crippen LogP) is 2.20. The van der Waals surface area contributed by atoms with E-state index in [0.717, 1.165) is 19.3 Å². The molecule has 7 heteroatoms. The van der Waals surface area contributed by atoms with Crippen molar-refractivity contribution in [2.24, 2.45) is 0 Å². The number of benzene rings is 1. The Bertz CT molecular complexity index is 678. The van der Waals surface area contributed by atoms with E-state index < -0.39 is 5.54 Å². The summed E-state index contributed by atoms with van der Waals surface area (Å²) >= 11 is 0. The van der Waals surface area contributed by atoms with Gasteiger partial charge in [0.2, 0.25) is 11.8 Å². The van der Waals surface area contributed by atoms with E-state index >= 15 is 0 Å². The second-order valence-corrected chi connectivity index (χ2v) is 7.39. The van der Waals surface area contributed by atoms with Crippen LogP contribution in [-0.2, 0) is 9.59 Å². The predicted molar refractivity (Wildman–Crippen MR) is 103 cm³/mol. The Hall–Kier alpha value is -2.57. The summed E-state index contributed by atoms with van der Waals surface area (Å²) in [5, 5.41) is 5.81. The zero-order valence-electron chi connectivity index (χ0n) is 15.9. The zero-order chi connectivity index (χ0) is 19.3. The number of para-hydroxylation sites is 1. The van der Waals surface area contributed by atoms with E-state index in [9.17, 15) is 14.4 Å². The summed E-state index contributed by atoms with van der Waals surface area (Å²) < 4.78 is 0. The van der Waals surface area contributed by atoms with Crippen molar-refractivity contribution >= 4 is 23.5 Å². The first-order chi connectivity index (χ1) is 13.0. The fourth-order valence-electron chi connectivity index (χ4n) is 3.98. The van der Waals surface area contributed by atoms with Crippen LogP contribution in [0.1, 0.15) is 39.0 Å². The van der Waals surface area contributed by atoms with Gasteiger partial charge in [0.1, 0.15) is 5.54 Å². The third-order valence-electron chi connectivity index (χ3n) is 5.51. The average molecular weight is 372 g/mol. The van der Waals surface area contributed by atoms with E-state index in [4.69, 9.17) is 0 Å². The van der Waals surface area contributed by atoms with Crippen LogP contribution >= 0.6 is 0 Å². The van der Waals surface area contributed by atoms with E-state index in [1.807, 2.05) is 30.3 Å². The summed E-state index contributed by atoms with van der Waals surface area (Å²) in [6.07, 6.45) is 4.23. The van der Waals surface area contributed by atoms with Crippen LogP contribution in [0.2, 0.25) is 0 Å². The van der Waals surface area contributed by atoms with Gasteiger partial charge in [-0.25, -0.2) is 4.79 Å². The van der Waals surface area contributed by atoms with Crippen molar-refractivity contribution in [2.45, 2.75) is 44.6 Å². The lowest BCUT2D eigenvalue weighted by atomic mass is 9.80. The molecule has 0 unspecified atom stereocenters. The number of piperazine rings is 1. The molecule has 27 heavy (non-hydrogen) atoms. The fourth-order valence-corrected chi connectivity index (χ4v) is 3.98. The van der Waals surface area contributed by atoms with Crippen LogP contribution < -0.4 is 10.6 Å². The minimum Gasteiger partial charge on any atom is -0.339 e. The molecule has 0 aromatic heterocycles. The van der Waals surface area contributed by atoms with Crippen LogP contribution in [0.4, 0.5) is 10.5 Å². The molecule has 1 saturated heterocycles. The Balaban J connectivity index is 1.68. The molecule has 7 nitrogen and oxygen atoms in total. The highest BCUT2D eigenvalue weighted by atomic mass is 16.2. The quantitative estimate of drug-likeness (QED) is 0.853. The molecular formula is C20H28N4O3. The number of carbonyl (C=O) groups excluding carboxylic acids is 3. The van der Waals surface area contributed by atoms with Gasteiger partial charge in [-0.05, 0) is 25.0 Å². The minimum absolute atomic E-state index is 0.0198. The number of nitrogens with one attached hydrogen (secondary N) is 2. The Morgan fingerprint density at radius 1 is 0.889 bits per heavy atom. The number of nitrogens with zero attached hydrogens (tertiary/aromatic N) is 2. The average Bonchev–Trinajstić information content (AvgIpc) is 2.69. The number of hydrogen-bond donors (Lipinski definition) is 2. The Morgan fingerprint density at radius 2 is 1.48 bits per heavy atom. The summed E-state index contributed by atoms with van der Waals surface area (Å²) in [7, 11) is 0. The first kappa shape index (κ1) is 19.2. The molecular weight excluding hydrogens is 344 g/mol. The van der Waals surface area contributed by atoms with Gasteiger partial charge in [-0.2, -0.15) is 0 Å². The molecule has 0 bridgehead atoms. The lowest BCUT2D eigenvalue weighted by Gasteiger charge is -2.43. The molecule has 0 radical (unpaired) electrons. The summed E-state index contributed by atoms with van der Waals surface area (Å²) in [5.41, 5.74) is -0.154.